The van der Waals surface area contributed by atoms with Gasteiger partial charge in [-0.3, -0.25) is 0 Å². The molecular formula is C13H24. The van der Waals surface area contributed by atoms with E-state index in [1.165, 1.54) is 31.6 Å². The molecule has 0 amide bonds. The average molecular weight is 180 g/mol. The highest BCUT2D eigenvalue weighted by atomic mass is 14.4. The summed E-state index contributed by atoms with van der Waals surface area (Å²) in [4.78, 5) is 0. The van der Waals surface area contributed by atoms with Crippen molar-refractivity contribution in [3.05, 3.63) is 0 Å². The molecule has 0 aliphatic heterocycles. The lowest BCUT2D eigenvalue weighted by molar-refractivity contribution is 0.230. The van der Waals surface area contributed by atoms with Gasteiger partial charge in [-0.15, -0.1) is 0 Å². The minimum Gasteiger partial charge on any atom is -0.0654 e. The normalized spacial score (nSPS) is 34.8. The van der Waals surface area contributed by atoms with Crippen LogP contribution in [0, 0.1) is 17.8 Å². The van der Waals surface area contributed by atoms with Crippen LogP contribution in [0.3, 0.4) is 0 Å². The minimum atomic E-state index is 1.11. The van der Waals surface area contributed by atoms with Gasteiger partial charge >= 0.3 is 0 Å². The highest BCUT2D eigenvalue weighted by molar-refractivity contribution is 4.85. The third-order valence-electron chi connectivity index (χ3n) is 4.08. The minimum absolute atomic E-state index is 1.11. The molecule has 2 saturated carbocycles. The van der Waals surface area contributed by atoms with Gasteiger partial charge in [-0.05, 0) is 37.0 Å². The lowest BCUT2D eigenvalue weighted by Gasteiger charge is -2.29. The van der Waals surface area contributed by atoms with Gasteiger partial charge in [0.25, 0.3) is 0 Å². The Morgan fingerprint density at radius 1 is 1.00 bits per heavy atom. The molecule has 0 N–H and O–H groups in total. The number of hydrogen-bond acceptors (Lipinski definition) is 0. The molecule has 0 nitrogen and oxygen atoms in total. The fraction of sp³-hybridized carbons (Fsp3) is 1.00. The van der Waals surface area contributed by atoms with Crippen molar-refractivity contribution < 1.29 is 0 Å². The quantitative estimate of drug-likeness (QED) is 0.602. The van der Waals surface area contributed by atoms with E-state index in [4.69, 9.17) is 0 Å². The number of unbranched alkanes of at least 4 members (excludes halogenated alkanes) is 1. The molecule has 0 aromatic heterocycles. The van der Waals surface area contributed by atoms with Crippen molar-refractivity contribution in [3.63, 3.8) is 0 Å². The second kappa shape index (κ2) is 4.48. The first-order chi connectivity index (χ1) is 6.40. The zero-order valence-electron chi connectivity index (χ0n) is 9.10. The van der Waals surface area contributed by atoms with Crippen molar-refractivity contribution in [2.45, 2.75) is 64.7 Å². The Morgan fingerprint density at radius 3 is 2.54 bits per heavy atom. The Bertz CT molecular complexity index is 146. The molecule has 0 radical (unpaired) electrons. The zero-order chi connectivity index (χ0) is 9.10. The van der Waals surface area contributed by atoms with Crippen LogP contribution < -0.4 is 0 Å². The molecule has 0 heterocycles. The Balaban J connectivity index is 1.71. The van der Waals surface area contributed by atoms with Crippen LogP contribution in [0.1, 0.15) is 64.7 Å². The molecule has 0 bridgehead atoms. The summed E-state index contributed by atoms with van der Waals surface area (Å²) in [5, 5.41) is 0. The van der Waals surface area contributed by atoms with Crippen LogP contribution >= 0.6 is 0 Å². The van der Waals surface area contributed by atoms with Crippen LogP contribution in [-0.2, 0) is 0 Å². The van der Waals surface area contributed by atoms with Gasteiger partial charge in [0, 0.05) is 0 Å². The molecule has 2 unspecified atom stereocenters. The van der Waals surface area contributed by atoms with Gasteiger partial charge in [0.2, 0.25) is 0 Å². The topological polar surface area (TPSA) is 0 Å². The molecule has 0 spiro atoms. The predicted molar refractivity (Wildman–Crippen MR) is 57.7 cm³/mol. The van der Waals surface area contributed by atoms with E-state index in [9.17, 15) is 0 Å². The second-order valence-electron chi connectivity index (χ2n) is 5.27. The van der Waals surface area contributed by atoms with Crippen LogP contribution in [0.4, 0.5) is 0 Å². The van der Waals surface area contributed by atoms with Gasteiger partial charge < -0.3 is 0 Å². The van der Waals surface area contributed by atoms with Gasteiger partial charge in [-0.2, -0.15) is 0 Å². The van der Waals surface area contributed by atoms with Gasteiger partial charge in [0.05, 0.1) is 0 Å². The van der Waals surface area contributed by atoms with Crippen molar-refractivity contribution in [2.75, 3.05) is 0 Å². The number of rotatable bonds is 4. The molecule has 0 heteroatoms. The molecule has 2 rings (SSSR count). The summed E-state index contributed by atoms with van der Waals surface area (Å²) in [6.07, 6.45) is 13.7. The molecule has 13 heavy (non-hydrogen) atoms. The van der Waals surface area contributed by atoms with Crippen molar-refractivity contribution in [1.82, 2.24) is 0 Å². The van der Waals surface area contributed by atoms with Crippen molar-refractivity contribution in [2.24, 2.45) is 17.8 Å². The first-order valence-electron chi connectivity index (χ1n) is 6.40. The monoisotopic (exact) mass is 180 g/mol. The molecule has 2 atom stereocenters. The van der Waals surface area contributed by atoms with Crippen LogP contribution in [-0.4, -0.2) is 0 Å². The average Bonchev–Trinajstić information content (AvgIpc) is 2.98. The summed E-state index contributed by atoms with van der Waals surface area (Å²) >= 11 is 0. The molecule has 0 aromatic rings. The van der Waals surface area contributed by atoms with E-state index in [1.807, 2.05) is 0 Å². The SMILES string of the molecule is CCCCC1CCCC(C2CC2)C1. The zero-order valence-corrected chi connectivity index (χ0v) is 9.10. The van der Waals surface area contributed by atoms with Crippen LogP contribution in [0.15, 0.2) is 0 Å². The van der Waals surface area contributed by atoms with E-state index in [-0.39, 0.29) is 0 Å². The summed E-state index contributed by atoms with van der Waals surface area (Å²) in [5.74, 6) is 3.43. The highest BCUT2D eigenvalue weighted by Gasteiger charge is 2.34. The van der Waals surface area contributed by atoms with Crippen molar-refractivity contribution >= 4 is 0 Å². The van der Waals surface area contributed by atoms with Crippen molar-refractivity contribution in [1.29, 1.82) is 0 Å². The van der Waals surface area contributed by atoms with E-state index in [2.05, 4.69) is 6.92 Å². The van der Waals surface area contributed by atoms with E-state index in [1.54, 1.807) is 32.1 Å². The van der Waals surface area contributed by atoms with E-state index in [0.29, 0.717) is 0 Å². The lowest BCUT2D eigenvalue weighted by atomic mass is 9.77. The summed E-state index contributed by atoms with van der Waals surface area (Å²) in [7, 11) is 0. The second-order valence-corrected chi connectivity index (χ2v) is 5.27. The summed E-state index contributed by atoms with van der Waals surface area (Å²) in [5.41, 5.74) is 0. The summed E-state index contributed by atoms with van der Waals surface area (Å²) in [6.45, 7) is 2.32. The van der Waals surface area contributed by atoms with Crippen LogP contribution in [0.5, 0.6) is 0 Å². The summed E-state index contributed by atoms with van der Waals surface area (Å²) < 4.78 is 0. The van der Waals surface area contributed by atoms with Gasteiger partial charge in [0.15, 0.2) is 0 Å². The Hall–Kier alpha value is 0. The first-order valence-corrected chi connectivity index (χ1v) is 6.40. The van der Waals surface area contributed by atoms with Gasteiger partial charge in [0.1, 0.15) is 0 Å². The maximum Gasteiger partial charge on any atom is -0.0383 e. The maximum absolute atomic E-state index is 2.32. The van der Waals surface area contributed by atoms with Crippen LogP contribution in [0.2, 0.25) is 0 Å². The van der Waals surface area contributed by atoms with Crippen LogP contribution in [0.25, 0.3) is 0 Å². The molecule has 2 fully saturated rings. The van der Waals surface area contributed by atoms with Gasteiger partial charge in [-0.1, -0.05) is 45.4 Å². The third kappa shape index (κ3) is 2.72. The maximum atomic E-state index is 2.32. The smallest absolute Gasteiger partial charge is 0.0383 e. The molecule has 2 aliphatic rings. The first kappa shape index (κ1) is 9.55. The standard InChI is InChI=1S/C13H24/c1-2-3-5-11-6-4-7-13(10-11)12-8-9-12/h11-13H,2-10H2,1H3. The van der Waals surface area contributed by atoms with E-state index < -0.39 is 0 Å². The fourth-order valence-electron chi connectivity index (χ4n) is 3.08. The molecular weight excluding hydrogens is 156 g/mol. The Morgan fingerprint density at radius 2 is 1.85 bits per heavy atom. The van der Waals surface area contributed by atoms with Crippen molar-refractivity contribution in [3.8, 4) is 0 Å². The Labute approximate surface area is 83.1 Å². The lowest BCUT2D eigenvalue weighted by Crippen LogP contribution is -2.16. The third-order valence-corrected chi connectivity index (χ3v) is 4.08. The molecule has 0 aromatic carbocycles. The van der Waals surface area contributed by atoms with E-state index in [0.717, 1.165) is 11.8 Å². The molecule has 0 saturated heterocycles. The largest absolute Gasteiger partial charge is 0.0654 e. The summed E-state index contributed by atoms with van der Waals surface area (Å²) in [6, 6.07) is 0. The Kier molecular flexibility index (Phi) is 3.29. The predicted octanol–water partition coefficient (Wildman–Crippen LogP) is 4.39. The fourth-order valence-corrected chi connectivity index (χ4v) is 3.08. The highest BCUT2D eigenvalue weighted by Crippen LogP contribution is 2.46. The number of hydrogen-bond donors (Lipinski definition) is 0. The molecule has 76 valence electrons. The van der Waals surface area contributed by atoms with E-state index >= 15 is 0 Å². The van der Waals surface area contributed by atoms with Gasteiger partial charge in [-0.25, -0.2) is 0 Å². The molecule has 2 aliphatic carbocycles.